The maximum atomic E-state index is 11.7. The van der Waals surface area contributed by atoms with Crippen molar-refractivity contribution in [3.8, 4) is 0 Å². The van der Waals surface area contributed by atoms with Gasteiger partial charge in [0.05, 0.1) is 10.5 Å². The van der Waals surface area contributed by atoms with Gasteiger partial charge in [0.25, 0.3) is 5.69 Å². The van der Waals surface area contributed by atoms with Gasteiger partial charge >= 0.3 is 6.09 Å². The van der Waals surface area contributed by atoms with Crippen LogP contribution in [0.4, 0.5) is 10.5 Å². The van der Waals surface area contributed by atoms with Crippen LogP contribution in [0.15, 0.2) is 48.5 Å². The number of nitro groups is 1. The molecule has 2 aromatic rings. The van der Waals surface area contributed by atoms with Crippen LogP contribution < -0.4 is 5.32 Å². The molecule has 0 aliphatic carbocycles. The number of nitrogens with one attached hydrogen (secondary N) is 1. The van der Waals surface area contributed by atoms with Gasteiger partial charge < -0.3 is 20.3 Å². The van der Waals surface area contributed by atoms with Crippen LogP contribution in [0.1, 0.15) is 27.6 Å². The van der Waals surface area contributed by atoms with E-state index in [-0.39, 0.29) is 24.3 Å². The van der Waals surface area contributed by atoms with Crippen LogP contribution in [0.25, 0.3) is 0 Å². The summed E-state index contributed by atoms with van der Waals surface area (Å²) < 4.78 is 4.98. The van der Waals surface area contributed by atoms with Crippen LogP contribution in [-0.4, -0.2) is 40.2 Å². The number of nitrogens with zero attached hydrogens (tertiary/aromatic N) is 1. The zero-order chi connectivity index (χ0) is 19.8. The molecule has 0 aromatic heterocycles. The Balaban J connectivity index is 1.89. The summed E-state index contributed by atoms with van der Waals surface area (Å²) in [6.45, 7) is -0.265. The van der Waals surface area contributed by atoms with E-state index in [4.69, 9.17) is 4.74 Å². The van der Waals surface area contributed by atoms with Crippen molar-refractivity contribution in [1.82, 2.24) is 5.32 Å². The monoisotopic (exact) mass is 374 g/mol. The smallest absolute Gasteiger partial charge is 0.407 e. The Morgan fingerprint density at radius 1 is 1.22 bits per heavy atom. The molecule has 0 bridgehead atoms. The Hall–Kier alpha value is -3.30. The third kappa shape index (κ3) is 5.59. The zero-order valence-corrected chi connectivity index (χ0v) is 14.1. The first kappa shape index (κ1) is 20.0. The zero-order valence-electron chi connectivity index (χ0n) is 14.1. The third-order valence-electron chi connectivity index (χ3n) is 3.75. The Morgan fingerprint density at radius 3 is 2.56 bits per heavy atom. The van der Waals surface area contributed by atoms with Gasteiger partial charge in [-0.25, -0.2) is 4.79 Å². The van der Waals surface area contributed by atoms with Crippen LogP contribution in [0.5, 0.6) is 0 Å². The molecule has 9 heteroatoms. The number of ether oxygens (including phenoxy) is 1. The molecule has 142 valence electrons. The van der Waals surface area contributed by atoms with E-state index in [0.717, 1.165) is 17.7 Å². The van der Waals surface area contributed by atoms with Crippen molar-refractivity contribution < 1.29 is 29.5 Å². The minimum Gasteiger partial charge on any atom is -0.445 e. The van der Waals surface area contributed by atoms with Crippen molar-refractivity contribution in [2.24, 2.45) is 0 Å². The van der Waals surface area contributed by atoms with Crippen LogP contribution in [0.3, 0.4) is 0 Å². The number of aliphatic hydroxyl groups is 2. The highest BCUT2D eigenvalue weighted by molar-refractivity contribution is 5.81. The third-order valence-corrected chi connectivity index (χ3v) is 3.75. The predicted octanol–water partition coefficient (Wildman–Crippen LogP) is 1.73. The van der Waals surface area contributed by atoms with E-state index in [2.05, 4.69) is 5.32 Å². The number of rotatable bonds is 8. The lowest BCUT2D eigenvalue weighted by Crippen LogP contribution is -2.35. The first-order chi connectivity index (χ1) is 12.9. The highest BCUT2D eigenvalue weighted by Crippen LogP contribution is 2.24. The molecule has 2 aromatic carbocycles. The average molecular weight is 374 g/mol. The summed E-state index contributed by atoms with van der Waals surface area (Å²) in [6, 6.07) is 12.4. The predicted molar refractivity (Wildman–Crippen MR) is 94.1 cm³/mol. The normalized spacial score (nSPS) is 12.7. The standard InChI is InChI=1S/C18H18N2O7/c21-10-14-8-13(6-7-15(14)20(25)26)17(23)16(22)9-19-18(24)27-11-12-4-2-1-3-5-12/h1-8,10,16-17,22-23H,9,11H2,(H,19,24). The van der Waals surface area contributed by atoms with Crippen LogP contribution in [-0.2, 0) is 11.3 Å². The molecule has 2 rings (SSSR count). The molecule has 2 atom stereocenters. The quantitative estimate of drug-likeness (QED) is 0.363. The lowest BCUT2D eigenvalue weighted by atomic mass is 10.0. The lowest BCUT2D eigenvalue weighted by Gasteiger charge is -2.19. The van der Waals surface area contributed by atoms with Crippen LogP contribution >= 0.6 is 0 Å². The van der Waals surface area contributed by atoms with Crippen molar-refractivity contribution in [3.05, 3.63) is 75.3 Å². The molecule has 0 radical (unpaired) electrons. The van der Waals surface area contributed by atoms with Gasteiger partial charge in [-0.15, -0.1) is 0 Å². The second-order valence-corrected chi connectivity index (χ2v) is 5.65. The van der Waals surface area contributed by atoms with E-state index in [1.807, 2.05) is 6.07 Å². The molecule has 0 saturated carbocycles. The second kappa shape index (κ2) is 9.41. The molecular formula is C18H18N2O7. The number of benzene rings is 2. The minimum atomic E-state index is -1.46. The minimum absolute atomic E-state index is 0.0520. The van der Waals surface area contributed by atoms with E-state index < -0.39 is 28.9 Å². The number of aldehydes is 1. The first-order valence-corrected chi connectivity index (χ1v) is 7.96. The summed E-state index contributed by atoms with van der Waals surface area (Å²) in [4.78, 5) is 32.7. The van der Waals surface area contributed by atoms with Gasteiger partial charge in [-0.1, -0.05) is 30.3 Å². The number of amides is 1. The van der Waals surface area contributed by atoms with E-state index in [1.54, 1.807) is 24.3 Å². The molecule has 3 N–H and O–H groups in total. The van der Waals surface area contributed by atoms with Crippen LogP contribution in [0, 0.1) is 10.1 Å². The number of alkyl carbamates (subject to hydrolysis) is 1. The van der Waals surface area contributed by atoms with Crippen molar-refractivity contribution in [2.75, 3.05) is 6.54 Å². The maximum absolute atomic E-state index is 11.7. The molecule has 0 fully saturated rings. The Morgan fingerprint density at radius 2 is 1.93 bits per heavy atom. The van der Waals surface area contributed by atoms with Gasteiger partial charge in [-0.2, -0.15) is 0 Å². The molecule has 2 unspecified atom stereocenters. The Bertz CT molecular complexity index is 811. The van der Waals surface area contributed by atoms with Crippen molar-refractivity contribution in [1.29, 1.82) is 0 Å². The van der Waals surface area contributed by atoms with Crippen LogP contribution in [0.2, 0.25) is 0 Å². The summed E-state index contributed by atoms with van der Waals surface area (Å²) in [5.74, 6) is 0. The lowest BCUT2D eigenvalue weighted by molar-refractivity contribution is -0.385. The summed E-state index contributed by atoms with van der Waals surface area (Å²) >= 11 is 0. The molecule has 0 heterocycles. The van der Waals surface area contributed by atoms with E-state index in [0.29, 0.717) is 6.29 Å². The van der Waals surface area contributed by atoms with Gasteiger partial charge in [-0.05, 0) is 23.3 Å². The molecular weight excluding hydrogens is 356 g/mol. The summed E-state index contributed by atoms with van der Waals surface area (Å²) in [5, 5.41) is 33.3. The van der Waals surface area contributed by atoms with Crippen molar-refractivity contribution in [3.63, 3.8) is 0 Å². The summed E-state index contributed by atoms with van der Waals surface area (Å²) in [5.41, 5.74) is 0.271. The molecule has 0 aliphatic rings. The second-order valence-electron chi connectivity index (χ2n) is 5.65. The van der Waals surface area contributed by atoms with Crippen molar-refractivity contribution >= 4 is 18.1 Å². The number of carbonyl (C=O) groups excluding carboxylic acids is 2. The Labute approximate surface area is 154 Å². The van der Waals surface area contributed by atoms with Gasteiger partial charge in [0, 0.05) is 12.6 Å². The number of nitro benzene ring substituents is 1. The number of aliphatic hydroxyl groups excluding tert-OH is 2. The largest absolute Gasteiger partial charge is 0.445 e. The number of hydrogen-bond donors (Lipinski definition) is 3. The molecule has 0 spiro atoms. The topological polar surface area (TPSA) is 139 Å². The SMILES string of the molecule is O=Cc1cc(C(O)C(O)CNC(=O)OCc2ccccc2)ccc1[N+](=O)[O-]. The highest BCUT2D eigenvalue weighted by atomic mass is 16.6. The molecule has 9 nitrogen and oxygen atoms in total. The fourth-order valence-corrected chi connectivity index (χ4v) is 2.31. The fourth-order valence-electron chi connectivity index (χ4n) is 2.31. The van der Waals surface area contributed by atoms with Gasteiger partial charge in [0.2, 0.25) is 0 Å². The molecule has 27 heavy (non-hydrogen) atoms. The van der Waals surface area contributed by atoms with E-state index in [1.165, 1.54) is 6.07 Å². The molecule has 0 aliphatic heterocycles. The van der Waals surface area contributed by atoms with E-state index in [9.17, 15) is 29.9 Å². The maximum Gasteiger partial charge on any atom is 0.407 e. The Kier molecular flexibility index (Phi) is 6.98. The summed E-state index contributed by atoms with van der Waals surface area (Å²) in [6.07, 6.45) is -3.35. The highest BCUT2D eigenvalue weighted by Gasteiger charge is 2.22. The number of hydrogen-bond acceptors (Lipinski definition) is 7. The van der Waals surface area contributed by atoms with Gasteiger partial charge in [-0.3, -0.25) is 14.9 Å². The van der Waals surface area contributed by atoms with Crippen molar-refractivity contribution in [2.45, 2.75) is 18.8 Å². The molecule has 0 saturated heterocycles. The van der Waals surface area contributed by atoms with E-state index >= 15 is 0 Å². The van der Waals surface area contributed by atoms with Gasteiger partial charge in [0.1, 0.15) is 18.8 Å². The number of carbonyl (C=O) groups is 2. The first-order valence-electron chi connectivity index (χ1n) is 7.96. The fraction of sp³-hybridized carbons (Fsp3) is 0.222. The van der Waals surface area contributed by atoms with Gasteiger partial charge in [0.15, 0.2) is 6.29 Å². The summed E-state index contributed by atoms with van der Waals surface area (Å²) in [7, 11) is 0. The average Bonchev–Trinajstić information content (AvgIpc) is 2.69. The molecule has 1 amide bonds.